The smallest absolute Gasteiger partial charge is 0.268 e. The molecule has 1 fully saturated rings. The molecular weight excluding hydrogens is 326 g/mol. The molecule has 0 atom stereocenters. The first-order valence-corrected chi connectivity index (χ1v) is 8.21. The van der Waals surface area contributed by atoms with Gasteiger partial charge >= 0.3 is 0 Å². The normalized spacial score (nSPS) is 17.0. The van der Waals surface area contributed by atoms with E-state index in [2.05, 4.69) is 0 Å². The first kappa shape index (κ1) is 14.4. The second-order valence-corrected chi connectivity index (χ2v) is 6.84. The van der Waals surface area contributed by atoms with Gasteiger partial charge in [-0.3, -0.25) is 9.59 Å². The number of imide groups is 1. The maximum atomic E-state index is 12.4. The van der Waals surface area contributed by atoms with Crippen LogP contribution in [0.15, 0.2) is 40.6 Å². The molecule has 2 amide bonds. The number of nitrogens with zero attached hydrogens (tertiary/aromatic N) is 1. The van der Waals surface area contributed by atoms with Crippen LogP contribution in [-0.2, 0) is 4.79 Å². The largest absolute Gasteiger partial charge is 0.298 e. The monoisotopic (exact) mass is 335 g/mol. The molecule has 2 heterocycles. The zero-order valence-electron chi connectivity index (χ0n) is 11.0. The number of carbonyl (C=O) groups excluding carboxylic acids is 2. The van der Waals surface area contributed by atoms with Gasteiger partial charge in [0.05, 0.1) is 10.6 Å². The Morgan fingerprint density at radius 2 is 2.05 bits per heavy atom. The summed E-state index contributed by atoms with van der Waals surface area (Å²) in [4.78, 5) is 27.1. The van der Waals surface area contributed by atoms with Gasteiger partial charge in [0.1, 0.15) is 0 Å². The van der Waals surface area contributed by atoms with Gasteiger partial charge in [0.25, 0.3) is 11.1 Å². The molecule has 6 heteroatoms. The van der Waals surface area contributed by atoms with E-state index in [0.29, 0.717) is 15.6 Å². The van der Waals surface area contributed by atoms with E-state index < -0.39 is 0 Å². The summed E-state index contributed by atoms with van der Waals surface area (Å²) in [6, 6.07) is 8.71. The van der Waals surface area contributed by atoms with Crippen LogP contribution in [0.4, 0.5) is 10.5 Å². The van der Waals surface area contributed by atoms with E-state index >= 15 is 0 Å². The molecule has 1 aromatic heterocycles. The van der Waals surface area contributed by atoms with Crippen molar-refractivity contribution in [1.82, 2.24) is 0 Å². The van der Waals surface area contributed by atoms with Crippen molar-refractivity contribution in [3.05, 3.63) is 56.1 Å². The van der Waals surface area contributed by atoms with E-state index in [0.717, 1.165) is 27.1 Å². The van der Waals surface area contributed by atoms with E-state index in [-0.39, 0.29) is 11.1 Å². The summed E-state index contributed by atoms with van der Waals surface area (Å²) in [5, 5.41) is 2.15. The molecule has 1 aliphatic rings. The summed E-state index contributed by atoms with van der Waals surface area (Å²) in [7, 11) is 0. The first-order chi connectivity index (χ1) is 10.1. The lowest BCUT2D eigenvalue weighted by atomic mass is 10.2. The molecule has 0 bridgehead atoms. The molecule has 1 aliphatic heterocycles. The topological polar surface area (TPSA) is 37.4 Å². The zero-order valence-corrected chi connectivity index (χ0v) is 13.4. The lowest BCUT2D eigenvalue weighted by Crippen LogP contribution is -2.27. The number of hydrogen-bond donors (Lipinski definition) is 0. The van der Waals surface area contributed by atoms with Crippen molar-refractivity contribution in [1.29, 1.82) is 0 Å². The Morgan fingerprint density at radius 3 is 2.71 bits per heavy atom. The number of anilines is 1. The summed E-state index contributed by atoms with van der Waals surface area (Å²) in [6.07, 6.45) is 1.77. The highest BCUT2D eigenvalue weighted by Gasteiger charge is 2.36. The first-order valence-electron chi connectivity index (χ1n) is 6.14. The molecule has 0 saturated carbocycles. The highest BCUT2D eigenvalue weighted by Crippen LogP contribution is 2.37. The second kappa shape index (κ2) is 5.67. The molecule has 21 heavy (non-hydrogen) atoms. The summed E-state index contributed by atoms with van der Waals surface area (Å²) in [5.41, 5.74) is 1.59. The van der Waals surface area contributed by atoms with Gasteiger partial charge in [0, 0.05) is 9.90 Å². The molecule has 0 unspecified atom stereocenters. The van der Waals surface area contributed by atoms with Gasteiger partial charge in [-0.2, -0.15) is 0 Å². The predicted octanol–water partition coefficient (Wildman–Crippen LogP) is 4.95. The Morgan fingerprint density at radius 1 is 1.24 bits per heavy atom. The van der Waals surface area contributed by atoms with Gasteiger partial charge < -0.3 is 0 Å². The average molecular weight is 336 g/mol. The van der Waals surface area contributed by atoms with Crippen molar-refractivity contribution in [2.45, 2.75) is 6.92 Å². The van der Waals surface area contributed by atoms with Crippen molar-refractivity contribution in [2.75, 3.05) is 4.90 Å². The Balaban J connectivity index is 1.96. The third kappa shape index (κ3) is 2.77. The van der Waals surface area contributed by atoms with Gasteiger partial charge in [-0.25, -0.2) is 4.90 Å². The molecular formula is C15H10ClNO2S2. The van der Waals surface area contributed by atoms with Gasteiger partial charge in [0.2, 0.25) is 0 Å². The van der Waals surface area contributed by atoms with Crippen LogP contribution in [0, 0.1) is 6.92 Å². The van der Waals surface area contributed by atoms with Crippen LogP contribution in [0.5, 0.6) is 0 Å². The van der Waals surface area contributed by atoms with Crippen LogP contribution >= 0.6 is 34.7 Å². The molecule has 1 saturated heterocycles. The fourth-order valence-corrected chi connectivity index (χ4v) is 3.90. The number of carbonyl (C=O) groups is 2. The number of aryl methyl sites for hydroxylation is 1. The van der Waals surface area contributed by atoms with E-state index in [4.69, 9.17) is 11.6 Å². The number of thiophene rings is 1. The maximum Gasteiger partial charge on any atom is 0.298 e. The fourth-order valence-electron chi connectivity index (χ4n) is 1.96. The second-order valence-electron chi connectivity index (χ2n) is 4.46. The van der Waals surface area contributed by atoms with E-state index in [1.165, 1.54) is 0 Å². The number of thioether (sulfide) groups is 1. The van der Waals surface area contributed by atoms with Gasteiger partial charge in [-0.05, 0) is 60.0 Å². The van der Waals surface area contributed by atoms with Crippen LogP contribution < -0.4 is 4.90 Å². The highest BCUT2D eigenvalue weighted by atomic mass is 35.5. The van der Waals surface area contributed by atoms with Crippen LogP contribution in [0.3, 0.4) is 0 Å². The van der Waals surface area contributed by atoms with Gasteiger partial charge in [-0.15, -0.1) is 11.3 Å². The van der Waals surface area contributed by atoms with E-state index in [1.54, 1.807) is 41.7 Å². The number of amides is 2. The summed E-state index contributed by atoms with van der Waals surface area (Å²) in [6.45, 7) is 1.98. The molecule has 2 aromatic rings. The highest BCUT2D eigenvalue weighted by molar-refractivity contribution is 8.19. The maximum absolute atomic E-state index is 12.4. The average Bonchev–Trinajstić information content (AvgIpc) is 2.95. The minimum Gasteiger partial charge on any atom is -0.268 e. The van der Waals surface area contributed by atoms with Crippen molar-refractivity contribution in [3.63, 3.8) is 0 Å². The quantitative estimate of drug-likeness (QED) is 0.728. The minimum atomic E-state index is -0.305. The van der Waals surface area contributed by atoms with Crippen LogP contribution in [0.2, 0.25) is 5.02 Å². The molecule has 3 nitrogen and oxygen atoms in total. The Labute approximate surface area is 135 Å². The summed E-state index contributed by atoms with van der Waals surface area (Å²) < 4.78 is 0. The lowest BCUT2D eigenvalue weighted by Gasteiger charge is -2.12. The molecule has 0 spiro atoms. The van der Waals surface area contributed by atoms with Crippen molar-refractivity contribution in [2.24, 2.45) is 0 Å². The third-order valence-corrected chi connectivity index (χ3v) is 5.09. The Kier molecular flexibility index (Phi) is 3.89. The van der Waals surface area contributed by atoms with Crippen molar-refractivity contribution >= 4 is 57.6 Å². The SMILES string of the molecule is Cc1ccsc1C=C1SC(=O)N(c2cccc(Cl)c2)C1=O. The fraction of sp³-hybridized carbons (Fsp3) is 0.0667. The van der Waals surface area contributed by atoms with Crippen LogP contribution in [0.1, 0.15) is 10.4 Å². The lowest BCUT2D eigenvalue weighted by molar-refractivity contribution is -0.113. The Hall–Kier alpha value is -1.56. The molecule has 0 radical (unpaired) electrons. The third-order valence-electron chi connectivity index (χ3n) is 3.02. The zero-order chi connectivity index (χ0) is 15.0. The summed E-state index contributed by atoms with van der Waals surface area (Å²) in [5.74, 6) is -0.305. The van der Waals surface area contributed by atoms with Crippen LogP contribution in [0.25, 0.3) is 6.08 Å². The van der Waals surface area contributed by atoms with E-state index in [1.807, 2.05) is 18.4 Å². The number of halogens is 1. The van der Waals surface area contributed by atoms with Gasteiger partial charge in [-0.1, -0.05) is 17.7 Å². The molecule has 0 aliphatic carbocycles. The molecule has 3 rings (SSSR count). The van der Waals surface area contributed by atoms with Crippen molar-refractivity contribution < 1.29 is 9.59 Å². The summed E-state index contributed by atoms with van der Waals surface area (Å²) >= 11 is 8.42. The van der Waals surface area contributed by atoms with E-state index in [9.17, 15) is 9.59 Å². The minimum absolute atomic E-state index is 0.303. The van der Waals surface area contributed by atoms with Crippen molar-refractivity contribution in [3.8, 4) is 0 Å². The standard InChI is InChI=1S/C15H10ClNO2S2/c1-9-5-6-20-12(9)8-13-14(18)17(15(19)21-13)11-4-2-3-10(16)7-11/h2-8H,1H3. The van der Waals surface area contributed by atoms with Gasteiger partial charge in [0.15, 0.2) is 0 Å². The Bertz CT molecular complexity index is 767. The molecule has 106 valence electrons. The van der Waals surface area contributed by atoms with Crippen LogP contribution in [-0.4, -0.2) is 11.1 Å². The molecule has 1 aromatic carbocycles. The number of benzene rings is 1. The number of hydrogen-bond acceptors (Lipinski definition) is 4. The molecule has 0 N–H and O–H groups in total. The predicted molar refractivity (Wildman–Crippen MR) is 89.0 cm³/mol. The number of rotatable bonds is 2.